The van der Waals surface area contributed by atoms with E-state index in [0.29, 0.717) is 5.92 Å². The first-order valence-corrected chi connectivity index (χ1v) is 5.66. The third-order valence-electron chi connectivity index (χ3n) is 3.48. The molecule has 13 heavy (non-hydrogen) atoms. The first kappa shape index (κ1) is 12.7. The summed E-state index contributed by atoms with van der Waals surface area (Å²) in [6.07, 6.45) is 4.06. The molecule has 0 aromatic carbocycles. The summed E-state index contributed by atoms with van der Waals surface area (Å²) in [7, 11) is 0. The van der Waals surface area contributed by atoms with E-state index < -0.39 is 0 Å². The molecule has 0 heterocycles. The molecule has 0 aromatic heterocycles. The number of allylic oxidation sites excluding steroid dienone is 1. The van der Waals surface area contributed by atoms with Gasteiger partial charge in [-0.05, 0) is 24.7 Å². The molecule has 0 saturated heterocycles. The largest absolute Gasteiger partial charge is 0.0999 e. The van der Waals surface area contributed by atoms with Crippen molar-refractivity contribution in [1.29, 1.82) is 0 Å². The summed E-state index contributed by atoms with van der Waals surface area (Å²) in [5.74, 6) is 2.29. The molecule has 78 valence electrons. The van der Waals surface area contributed by atoms with E-state index in [-0.39, 0.29) is 0 Å². The van der Waals surface area contributed by atoms with Crippen molar-refractivity contribution < 1.29 is 0 Å². The van der Waals surface area contributed by atoms with Crippen molar-refractivity contribution in [3.8, 4) is 0 Å². The monoisotopic (exact) mass is 182 g/mol. The third kappa shape index (κ3) is 4.50. The van der Waals surface area contributed by atoms with E-state index in [9.17, 15) is 0 Å². The molecule has 0 spiro atoms. The van der Waals surface area contributed by atoms with Gasteiger partial charge in [0.25, 0.3) is 0 Å². The summed E-state index contributed by atoms with van der Waals surface area (Å²) in [4.78, 5) is 0. The Morgan fingerprint density at radius 2 is 1.77 bits per heavy atom. The highest BCUT2D eigenvalue weighted by Gasteiger charge is 2.18. The van der Waals surface area contributed by atoms with E-state index >= 15 is 0 Å². The summed E-state index contributed by atoms with van der Waals surface area (Å²) >= 11 is 0. The van der Waals surface area contributed by atoms with Crippen LogP contribution < -0.4 is 0 Å². The summed E-state index contributed by atoms with van der Waals surface area (Å²) in [5, 5.41) is 0. The molecule has 0 fully saturated rings. The minimum atomic E-state index is 0.673. The van der Waals surface area contributed by atoms with Crippen molar-refractivity contribution in [3.05, 3.63) is 12.2 Å². The topological polar surface area (TPSA) is 0 Å². The van der Waals surface area contributed by atoms with Gasteiger partial charge in [-0.2, -0.15) is 0 Å². The van der Waals surface area contributed by atoms with Crippen LogP contribution in [0.3, 0.4) is 0 Å². The van der Waals surface area contributed by atoms with Gasteiger partial charge in [-0.1, -0.05) is 59.1 Å². The Morgan fingerprint density at radius 3 is 2.15 bits per heavy atom. The quantitative estimate of drug-likeness (QED) is 0.524. The van der Waals surface area contributed by atoms with Gasteiger partial charge in [-0.15, -0.1) is 0 Å². The van der Waals surface area contributed by atoms with E-state index in [1.807, 2.05) is 0 Å². The minimum Gasteiger partial charge on any atom is -0.0999 e. The Hall–Kier alpha value is -0.260. The number of rotatable bonds is 6. The van der Waals surface area contributed by atoms with Gasteiger partial charge in [0.05, 0.1) is 0 Å². The highest BCUT2D eigenvalue weighted by Crippen LogP contribution is 2.28. The van der Waals surface area contributed by atoms with Crippen LogP contribution in [0.15, 0.2) is 12.2 Å². The molecule has 0 saturated carbocycles. The Balaban J connectivity index is 3.93. The average Bonchev–Trinajstić information content (AvgIpc) is 2.11. The molecule has 0 aliphatic rings. The second-order valence-corrected chi connectivity index (χ2v) is 4.61. The molecule has 0 nitrogen and oxygen atoms in total. The highest BCUT2D eigenvalue weighted by atomic mass is 14.2. The van der Waals surface area contributed by atoms with Crippen LogP contribution in [0.2, 0.25) is 0 Å². The summed E-state index contributed by atoms with van der Waals surface area (Å²) in [5.41, 5.74) is 1.33. The Bertz CT molecular complexity index is 146. The normalized spacial score (nSPS) is 17.9. The van der Waals surface area contributed by atoms with E-state index in [0.717, 1.165) is 11.8 Å². The van der Waals surface area contributed by atoms with Crippen LogP contribution in [-0.4, -0.2) is 0 Å². The molecule has 0 aliphatic heterocycles. The second-order valence-electron chi connectivity index (χ2n) is 4.61. The summed E-state index contributed by atoms with van der Waals surface area (Å²) < 4.78 is 0. The second kappa shape index (κ2) is 6.23. The van der Waals surface area contributed by atoms with Crippen molar-refractivity contribution in [1.82, 2.24) is 0 Å². The van der Waals surface area contributed by atoms with E-state index in [2.05, 4.69) is 41.2 Å². The molecular weight excluding hydrogens is 156 g/mol. The van der Waals surface area contributed by atoms with E-state index in [4.69, 9.17) is 0 Å². The molecule has 0 heteroatoms. The van der Waals surface area contributed by atoms with Crippen molar-refractivity contribution in [2.45, 2.75) is 53.9 Å². The lowest BCUT2D eigenvalue weighted by atomic mass is 9.79. The molecule has 0 aromatic rings. The Labute approximate surface area is 84.4 Å². The van der Waals surface area contributed by atoms with Crippen molar-refractivity contribution >= 4 is 0 Å². The zero-order chi connectivity index (χ0) is 10.4. The molecule has 0 rings (SSSR count). The highest BCUT2D eigenvalue weighted by molar-refractivity contribution is 4.96. The van der Waals surface area contributed by atoms with Gasteiger partial charge in [0, 0.05) is 0 Å². The maximum absolute atomic E-state index is 4.04. The van der Waals surface area contributed by atoms with Gasteiger partial charge in [-0.25, -0.2) is 0 Å². The Morgan fingerprint density at radius 1 is 1.23 bits per heavy atom. The SMILES string of the molecule is C=C(C)C(C)C(C)C(C)CCCC. The molecule has 0 radical (unpaired) electrons. The van der Waals surface area contributed by atoms with E-state index in [1.54, 1.807) is 0 Å². The minimum absolute atomic E-state index is 0.673. The standard InChI is InChI=1S/C13H26/c1-7-8-9-11(4)13(6)12(5)10(2)3/h11-13H,2,7-9H2,1,3-6H3. The maximum atomic E-state index is 4.04. The zero-order valence-electron chi connectivity index (χ0n) is 10.1. The van der Waals surface area contributed by atoms with E-state index in [1.165, 1.54) is 24.8 Å². The average molecular weight is 182 g/mol. The lowest BCUT2D eigenvalue weighted by molar-refractivity contribution is 0.289. The van der Waals surface area contributed by atoms with Gasteiger partial charge in [0.2, 0.25) is 0 Å². The molecule has 3 unspecified atom stereocenters. The van der Waals surface area contributed by atoms with Gasteiger partial charge in [0.1, 0.15) is 0 Å². The fourth-order valence-corrected chi connectivity index (χ4v) is 1.73. The molecule has 0 bridgehead atoms. The zero-order valence-corrected chi connectivity index (χ0v) is 10.1. The number of hydrogen-bond acceptors (Lipinski definition) is 0. The van der Waals surface area contributed by atoms with Crippen molar-refractivity contribution in [2.75, 3.05) is 0 Å². The van der Waals surface area contributed by atoms with Crippen LogP contribution >= 0.6 is 0 Å². The van der Waals surface area contributed by atoms with Gasteiger partial charge in [0.15, 0.2) is 0 Å². The van der Waals surface area contributed by atoms with Gasteiger partial charge >= 0.3 is 0 Å². The molecule has 3 atom stereocenters. The summed E-state index contributed by atoms with van der Waals surface area (Å²) in [6, 6.07) is 0. The van der Waals surface area contributed by atoms with Crippen LogP contribution in [-0.2, 0) is 0 Å². The molecular formula is C13H26. The predicted octanol–water partition coefficient (Wildman–Crippen LogP) is 4.66. The smallest absolute Gasteiger partial charge is 0.0209 e. The third-order valence-corrected chi connectivity index (χ3v) is 3.48. The van der Waals surface area contributed by atoms with Crippen molar-refractivity contribution in [3.63, 3.8) is 0 Å². The first-order valence-electron chi connectivity index (χ1n) is 5.66. The van der Waals surface area contributed by atoms with Gasteiger partial charge in [-0.3, -0.25) is 0 Å². The number of hydrogen-bond donors (Lipinski definition) is 0. The Kier molecular flexibility index (Phi) is 6.11. The van der Waals surface area contributed by atoms with Crippen LogP contribution in [0.25, 0.3) is 0 Å². The molecule has 0 amide bonds. The van der Waals surface area contributed by atoms with Crippen LogP contribution in [0, 0.1) is 17.8 Å². The fourth-order valence-electron chi connectivity index (χ4n) is 1.73. The number of unbranched alkanes of at least 4 members (excludes halogenated alkanes) is 1. The summed E-state index contributed by atoms with van der Waals surface area (Å²) in [6.45, 7) is 15.5. The van der Waals surface area contributed by atoms with Crippen LogP contribution in [0.4, 0.5) is 0 Å². The van der Waals surface area contributed by atoms with Gasteiger partial charge < -0.3 is 0 Å². The maximum Gasteiger partial charge on any atom is -0.0209 e. The van der Waals surface area contributed by atoms with Crippen LogP contribution in [0.5, 0.6) is 0 Å². The fraction of sp³-hybridized carbons (Fsp3) is 0.846. The lowest BCUT2D eigenvalue weighted by Crippen LogP contribution is -2.17. The predicted molar refractivity (Wildman–Crippen MR) is 61.8 cm³/mol. The lowest BCUT2D eigenvalue weighted by Gasteiger charge is -2.26. The van der Waals surface area contributed by atoms with Crippen molar-refractivity contribution in [2.24, 2.45) is 17.8 Å². The first-order chi connectivity index (χ1) is 6.00. The molecule has 0 N–H and O–H groups in total. The van der Waals surface area contributed by atoms with Crippen LogP contribution in [0.1, 0.15) is 53.9 Å². The molecule has 0 aliphatic carbocycles.